The monoisotopic (exact) mass is 190 g/mol. The topological polar surface area (TPSA) is 0 Å². The molecule has 1 heteroatoms. The van der Waals surface area contributed by atoms with Crippen molar-refractivity contribution in [2.75, 3.05) is 0 Å². The minimum absolute atomic E-state index is 0.347. The molecule has 68 valence electrons. The lowest BCUT2D eigenvalue weighted by molar-refractivity contribution is 0.486. The van der Waals surface area contributed by atoms with E-state index in [1.165, 1.54) is 11.1 Å². The first-order valence-electron chi connectivity index (χ1n) is 4.59. The zero-order valence-electron chi connectivity index (χ0n) is 8.08. The molecule has 0 saturated carbocycles. The van der Waals surface area contributed by atoms with E-state index in [0.717, 1.165) is 6.42 Å². The zero-order valence-corrected chi connectivity index (χ0v) is 8.90. The van der Waals surface area contributed by atoms with E-state index in [0.29, 0.717) is 5.41 Å². The summed E-state index contributed by atoms with van der Waals surface area (Å²) < 4.78 is 0. The molecule has 1 aliphatic carbocycles. The van der Waals surface area contributed by atoms with Crippen LogP contribution < -0.4 is 0 Å². The summed E-state index contributed by atoms with van der Waals surface area (Å²) in [4.78, 5) is 0. The van der Waals surface area contributed by atoms with Crippen LogP contribution in [0.1, 0.15) is 25.8 Å². The van der Waals surface area contributed by atoms with Crippen LogP contribution in [0.5, 0.6) is 0 Å². The average molecular weight is 190 g/mol. The van der Waals surface area contributed by atoms with E-state index in [1.54, 1.807) is 11.3 Å². The van der Waals surface area contributed by atoms with Gasteiger partial charge in [-0.05, 0) is 39.8 Å². The molecule has 0 saturated heterocycles. The van der Waals surface area contributed by atoms with Crippen molar-refractivity contribution in [1.82, 2.24) is 0 Å². The summed E-state index contributed by atoms with van der Waals surface area (Å²) in [5.41, 5.74) is 3.08. The van der Waals surface area contributed by atoms with Gasteiger partial charge in [-0.1, -0.05) is 32.1 Å². The quantitative estimate of drug-likeness (QED) is 0.625. The van der Waals surface area contributed by atoms with Gasteiger partial charge in [0.1, 0.15) is 0 Å². The smallest absolute Gasteiger partial charge is 0.00149 e. The summed E-state index contributed by atoms with van der Waals surface area (Å²) in [6.07, 6.45) is 8.03. The second-order valence-electron chi connectivity index (χ2n) is 4.20. The molecule has 1 heterocycles. The van der Waals surface area contributed by atoms with Crippen molar-refractivity contribution in [3.05, 3.63) is 40.6 Å². The molecule has 0 aromatic carbocycles. The highest BCUT2D eigenvalue weighted by molar-refractivity contribution is 7.08. The van der Waals surface area contributed by atoms with Gasteiger partial charge in [0.05, 0.1) is 0 Å². The minimum Gasteiger partial charge on any atom is -0.152 e. The van der Waals surface area contributed by atoms with Crippen LogP contribution in [0.15, 0.2) is 35.1 Å². The summed E-state index contributed by atoms with van der Waals surface area (Å²) >= 11 is 1.76. The number of hydrogen-bond acceptors (Lipinski definition) is 1. The lowest BCUT2D eigenvalue weighted by Crippen LogP contribution is -2.08. The fourth-order valence-corrected chi connectivity index (χ4v) is 2.13. The SMILES string of the molecule is CC1(C)C=CC(c2ccsc2)=CC1. The van der Waals surface area contributed by atoms with Crippen molar-refractivity contribution in [3.63, 3.8) is 0 Å². The summed E-state index contributed by atoms with van der Waals surface area (Å²) in [7, 11) is 0. The Labute approximate surface area is 83.6 Å². The summed E-state index contributed by atoms with van der Waals surface area (Å²) in [5, 5.41) is 4.33. The first-order chi connectivity index (χ1) is 6.17. The summed E-state index contributed by atoms with van der Waals surface area (Å²) in [6, 6.07) is 2.18. The molecular weight excluding hydrogens is 176 g/mol. The second-order valence-corrected chi connectivity index (χ2v) is 4.98. The standard InChI is InChI=1S/C12H14S/c1-12(2)6-3-10(4-7-12)11-5-8-13-9-11/h3-6,8-9H,7H2,1-2H3. The maximum atomic E-state index is 2.34. The lowest BCUT2D eigenvalue weighted by atomic mass is 9.83. The molecule has 0 N–H and O–H groups in total. The molecule has 0 fully saturated rings. The van der Waals surface area contributed by atoms with Crippen molar-refractivity contribution in [2.45, 2.75) is 20.3 Å². The molecule has 0 bridgehead atoms. The molecule has 0 nitrogen and oxygen atoms in total. The Kier molecular flexibility index (Phi) is 2.12. The number of thiophene rings is 1. The molecular formula is C12H14S. The van der Waals surface area contributed by atoms with Gasteiger partial charge in [0.15, 0.2) is 0 Å². The highest BCUT2D eigenvalue weighted by Crippen LogP contribution is 2.32. The van der Waals surface area contributed by atoms with Crippen LogP contribution in [0.3, 0.4) is 0 Å². The van der Waals surface area contributed by atoms with Gasteiger partial charge in [-0.2, -0.15) is 11.3 Å². The van der Waals surface area contributed by atoms with Crippen LogP contribution >= 0.6 is 11.3 Å². The molecule has 1 aromatic heterocycles. The van der Waals surface area contributed by atoms with E-state index >= 15 is 0 Å². The van der Waals surface area contributed by atoms with Gasteiger partial charge in [0.25, 0.3) is 0 Å². The van der Waals surface area contributed by atoms with E-state index in [1.807, 2.05) is 0 Å². The van der Waals surface area contributed by atoms with Gasteiger partial charge in [0.2, 0.25) is 0 Å². The Morgan fingerprint density at radius 3 is 2.77 bits per heavy atom. The highest BCUT2D eigenvalue weighted by atomic mass is 32.1. The molecule has 0 spiro atoms. The van der Waals surface area contributed by atoms with Crippen LogP contribution in [-0.4, -0.2) is 0 Å². The molecule has 0 aliphatic heterocycles. The largest absolute Gasteiger partial charge is 0.152 e. The second kappa shape index (κ2) is 3.15. The molecule has 1 aromatic rings. The Hall–Kier alpha value is -0.820. The van der Waals surface area contributed by atoms with E-state index in [4.69, 9.17) is 0 Å². The summed E-state index contributed by atoms with van der Waals surface area (Å²) in [5.74, 6) is 0. The normalized spacial score (nSPS) is 20.0. The molecule has 0 unspecified atom stereocenters. The molecule has 13 heavy (non-hydrogen) atoms. The van der Waals surface area contributed by atoms with Crippen LogP contribution in [-0.2, 0) is 0 Å². The van der Waals surface area contributed by atoms with Crippen molar-refractivity contribution in [3.8, 4) is 0 Å². The minimum atomic E-state index is 0.347. The third kappa shape index (κ3) is 1.92. The fourth-order valence-electron chi connectivity index (χ4n) is 1.47. The first-order valence-corrected chi connectivity index (χ1v) is 5.54. The van der Waals surface area contributed by atoms with E-state index in [2.05, 4.69) is 48.9 Å². The van der Waals surface area contributed by atoms with Crippen molar-refractivity contribution in [2.24, 2.45) is 5.41 Å². The van der Waals surface area contributed by atoms with E-state index < -0.39 is 0 Å². The maximum absolute atomic E-state index is 2.34. The van der Waals surface area contributed by atoms with E-state index in [-0.39, 0.29) is 0 Å². The fraction of sp³-hybridized carbons (Fsp3) is 0.333. The molecule has 0 radical (unpaired) electrons. The predicted octanol–water partition coefficient (Wildman–Crippen LogP) is 4.12. The van der Waals surface area contributed by atoms with E-state index in [9.17, 15) is 0 Å². The number of rotatable bonds is 1. The Morgan fingerprint density at radius 2 is 2.23 bits per heavy atom. The highest BCUT2D eigenvalue weighted by Gasteiger charge is 2.16. The summed E-state index contributed by atoms with van der Waals surface area (Å²) in [6.45, 7) is 4.54. The maximum Gasteiger partial charge on any atom is -0.00149 e. The van der Waals surface area contributed by atoms with Crippen molar-refractivity contribution < 1.29 is 0 Å². The van der Waals surface area contributed by atoms with Crippen LogP contribution in [0.25, 0.3) is 5.57 Å². The molecule has 0 atom stereocenters. The predicted molar refractivity (Wildman–Crippen MR) is 59.8 cm³/mol. The average Bonchev–Trinajstić information content (AvgIpc) is 2.56. The van der Waals surface area contributed by atoms with Gasteiger partial charge in [-0.25, -0.2) is 0 Å². The number of hydrogen-bond donors (Lipinski definition) is 0. The van der Waals surface area contributed by atoms with Crippen LogP contribution in [0.4, 0.5) is 0 Å². The van der Waals surface area contributed by atoms with Crippen LogP contribution in [0, 0.1) is 5.41 Å². The molecule has 2 rings (SSSR count). The van der Waals surface area contributed by atoms with Gasteiger partial charge in [-0.3, -0.25) is 0 Å². The lowest BCUT2D eigenvalue weighted by Gasteiger charge is -2.22. The zero-order chi connectivity index (χ0) is 9.31. The Balaban J connectivity index is 2.23. The molecule has 0 amide bonds. The van der Waals surface area contributed by atoms with Gasteiger partial charge >= 0.3 is 0 Å². The van der Waals surface area contributed by atoms with Crippen LogP contribution in [0.2, 0.25) is 0 Å². The van der Waals surface area contributed by atoms with Crippen molar-refractivity contribution in [1.29, 1.82) is 0 Å². The third-order valence-corrected chi connectivity index (χ3v) is 3.10. The third-order valence-electron chi connectivity index (χ3n) is 2.42. The Morgan fingerprint density at radius 1 is 1.38 bits per heavy atom. The first kappa shape index (κ1) is 8.76. The van der Waals surface area contributed by atoms with Gasteiger partial charge < -0.3 is 0 Å². The number of allylic oxidation sites excluding steroid dienone is 4. The molecule has 1 aliphatic rings. The van der Waals surface area contributed by atoms with Gasteiger partial charge in [-0.15, -0.1) is 0 Å². The van der Waals surface area contributed by atoms with Gasteiger partial charge in [0, 0.05) is 0 Å². The van der Waals surface area contributed by atoms with Crippen molar-refractivity contribution >= 4 is 16.9 Å². The Bertz CT molecular complexity index is 339.